The van der Waals surface area contributed by atoms with E-state index in [0.29, 0.717) is 41.5 Å². The molecule has 2 aromatic heterocycles. The molecule has 1 unspecified atom stereocenters. The highest BCUT2D eigenvalue weighted by Crippen LogP contribution is 2.38. The first-order valence-electron chi connectivity index (χ1n) is 8.09. The van der Waals surface area contributed by atoms with E-state index in [2.05, 4.69) is 19.2 Å². The average Bonchev–Trinajstić information content (AvgIpc) is 2.69. The third-order valence-corrected chi connectivity index (χ3v) is 4.73. The van der Waals surface area contributed by atoms with Gasteiger partial charge in [0.05, 0.1) is 35.9 Å². The maximum absolute atomic E-state index is 13.7. The van der Waals surface area contributed by atoms with E-state index in [4.69, 9.17) is 4.74 Å². The fraction of sp³-hybridized carbons (Fsp3) is 0.111. The normalized spacial score (nSPS) is 13.0. The van der Waals surface area contributed by atoms with Crippen LogP contribution < -0.4 is 14.9 Å². The van der Waals surface area contributed by atoms with Crippen molar-refractivity contribution in [1.29, 1.82) is 0 Å². The van der Waals surface area contributed by atoms with Crippen LogP contribution in [0, 0.1) is 15.9 Å². The second-order valence-electron chi connectivity index (χ2n) is 5.90. The highest BCUT2D eigenvalue weighted by molar-refractivity contribution is 7.28. The van der Waals surface area contributed by atoms with Crippen molar-refractivity contribution in [1.82, 2.24) is 9.97 Å². The van der Waals surface area contributed by atoms with Crippen LogP contribution in [0.4, 0.5) is 21.6 Å². The van der Waals surface area contributed by atoms with E-state index in [1.54, 1.807) is 24.4 Å². The van der Waals surface area contributed by atoms with E-state index in [1.165, 1.54) is 24.4 Å². The van der Waals surface area contributed by atoms with E-state index in [9.17, 15) is 14.5 Å². The lowest BCUT2D eigenvalue weighted by Gasteiger charge is -2.31. The number of fused-ring (bicyclic) bond motifs is 1. The zero-order valence-corrected chi connectivity index (χ0v) is 15.2. The molecule has 0 N–H and O–H groups in total. The van der Waals surface area contributed by atoms with Gasteiger partial charge in [-0.15, -0.1) is 9.24 Å². The van der Waals surface area contributed by atoms with Crippen molar-refractivity contribution in [3.63, 3.8) is 0 Å². The van der Waals surface area contributed by atoms with Gasteiger partial charge in [-0.05, 0) is 33.4 Å². The Kier molecular flexibility index (Phi) is 4.41. The van der Waals surface area contributed by atoms with Gasteiger partial charge in [-0.3, -0.25) is 4.98 Å². The van der Waals surface area contributed by atoms with Gasteiger partial charge in [-0.2, -0.15) is 0 Å². The Labute approximate surface area is 156 Å². The predicted molar refractivity (Wildman–Crippen MR) is 102 cm³/mol. The second kappa shape index (κ2) is 6.89. The van der Waals surface area contributed by atoms with Crippen LogP contribution in [0.25, 0.3) is 11.3 Å². The number of nitro groups is 1. The Morgan fingerprint density at radius 2 is 2.07 bits per heavy atom. The van der Waals surface area contributed by atoms with Crippen LogP contribution in [0.3, 0.4) is 0 Å². The van der Waals surface area contributed by atoms with Crippen LogP contribution in [0.5, 0.6) is 5.75 Å². The molecule has 136 valence electrons. The fourth-order valence-electron chi connectivity index (χ4n) is 2.96. The molecule has 27 heavy (non-hydrogen) atoms. The molecule has 0 spiro atoms. The van der Waals surface area contributed by atoms with Crippen molar-refractivity contribution in [2.24, 2.45) is 0 Å². The lowest BCUT2D eigenvalue weighted by molar-refractivity contribution is -0.389. The molecule has 1 aromatic carbocycles. The third-order valence-electron chi connectivity index (χ3n) is 4.23. The number of hydrogen-bond acceptors (Lipinski definition) is 6. The first-order chi connectivity index (χ1) is 13.0. The molecule has 0 saturated heterocycles. The molecular formula is C18H14FN4O3P. The molecule has 3 heterocycles. The van der Waals surface area contributed by atoms with Crippen LogP contribution >= 0.6 is 9.24 Å². The van der Waals surface area contributed by atoms with Gasteiger partial charge in [0.2, 0.25) is 0 Å². The largest absolute Gasteiger partial charge is 0.488 e. The molecule has 0 fully saturated rings. The molecule has 0 bridgehead atoms. The van der Waals surface area contributed by atoms with Gasteiger partial charge >= 0.3 is 5.82 Å². The number of halogens is 1. The molecule has 1 aliphatic heterocycles. The minimum atomic E-state index is -0.532. The molecule has 7 nitrogen and oxygen atoms in total. The summed E-state index contributed by atoms with van der Waals surface area (Å²) in [5, 5.41) is 11.9. The standard InChI is InChI=1S/C18H14FN4O3P/c19-11-1-2-17(27)13(7-11)14-9-15-16(10-21-14)26-6-5-22(15)12-3-4-20-18(8-12)23(24)25/h1-4,7-10H,5-6,27H2. The van der Waals surface area contributed by atoms with Crippen molar-refractivity contribution in [2.45, 2.75) is 0 Å². The second-order valence-corrected chi connectivity index (χ2v) is 6.52. The van der Waals surface area contributed by atoms with Gasteiger partial charge in [0.25, 0.3) is 0 Å². The molecule has 0 aliphatic carbocycles. The average molecular weight is 384 g/mol. The summed E-state index contributed by atoms with van der Waals surface area (Å²) < 4.78 is 19.4. The summed E-state index contributed by atoms with van der Waals surface area (Å²) in [7, 11) is 2.56. The number of hydrogen-bond donors (Lipinski definition) is 0. The Hall–Kier alpha value is -3.12. The third kappa shape index (κ3) is 3.31. The van der Waals surface area contributed by atoms with Gasteiger partial charge in [-0.25, -0.2) is 4.39 Å². The number of rotatable bonds is 3. The number of benzene rings is 1. The smallest absolute Gasteiger partial charge is 0.365 e. The minimum Gasteiger partial charge on any atom is -0.488 e. The van der Waals surface area contributed by atoms with Crippen molar-refractivity contribution >= 4 is 31.7 Å². The van der Waals surface area contributed by atoms with Gasteiger partial charge in [-0.1, -0.05) is 6.07 Å². The molecular weight excluding hydrogens is 370 g/mol. The zero-order chi connectivity index (χ0) is 19.0. The van der Waals surface area contributed by atoms with Crippen LogP contribution in [0.2, 0.25) is 0 Å². The van der Waals surface area contributed by atoms with Crippen LogP contribution in [0.15, 0.2) is 48.8 Å². The number of aromatic nitrogens is 2. The number of anilines is 2. The first kappa shape index (κ1) is 17.3. The Balaban J connectivity index is 1.81. The lowest BCUT2D eigenvalue weighted by atomic mass is 10.1. The quantitative estimate of drug-likeness (QED) is 0.392. The summed E-state index contributed by atoms with van der Waals surface area (Å²) >= 11 is 0. The molecule has 1 atom stereocenters. The Morgan fingerprint density at radius 3 is 2.89 bits per heavy atom. The van der Waals surface area contributed by atoms with Crippen LogP contribution in [-0.2, 0) is 0 Å². The summed E-state index contributed by atoms with van der Waals surface area (Å²) in [4.78, 5) is 20.6. The minimum absolute atomic E-state index is 0.229. The molecule has 0 radical (unpaired) electrons. The van der Waals surface area contributed by atoms with Gasteiger partial charge in [0.1, 0.15) is 18.6 Å². The van der Waals surface area contributed by atoms with Gasteiger partial charge in [0, 0.05) is 11.6 Å². The zero-order valence-electron chi connectivity index (χ0n) is 14.0. The number of pyridine rings is 2. The maximum Gasteiger partial charge on any atom is 0.365 e. The summed E-state index contributed by atoms with van der Waals surface area (Å²) in [6.45, 7) is 0.924. The summed E-state index contributed by atoms with van der Waals surface area (Å²) in [6.07, 6.45) is 2.99. The topological polar surface area (TPSA) is 81.4 Å². The predicted octanol–water partition coefficient (Wildman–Crippen LogP) is 3.22. The van der Waals surface area contributed by atoms with Gasteiger partial charge < -0.3 is 19.8 Å². The molecule has 0 amide bonds. The van der Waals surface area contributed by atoms with E-state index in [0.717, 1.165) is 5.30 Å². The summed E-state index contributed by atoms with van der Waals surface area (Å²) in [5.74, 6) is -0.0213. The highest BCUT2D eigenvalue weighted by Gasteiger charge is 2.23. The van der Waals surface area contributed by atoms with Gasteiger partial charge in [0.15, 0.2) is 5.75 Å². The van der Waals surface area contributed by atoms with Crippen LogP contribution in [0.1, 0.15) is 0 Å². The van der Waals surface area contributed by atoms with E-state index < -0.39 is 4.92 Å². The number of ether oxygens (including phenoxy) is 1. The van der Waals surface area contributed by atoms with Crippen LogP contribution in [-0.4, -0.2) is 28.0 Å². The SMILES string of the molecule is O=[N+]([O-])c1cc(N2CCOc3cnc(-c4cc(F)ccc4P)cc32)ccn1. The van der Waals surface area contributed by atoms with Crippen molar-refractivity contribution in [3.05, 3.63) is 64.7 Å². The molecule has 9 heteroatoms. The van der Waals surface area contributed by atoms with Crippen molar-refractivity contribution in [3.8, 4) is 17.0 Å². The molecule has 4 rings (SSSR count). The van der Waals surface area contributed by atoms with Crippen molar-refractivity contribution in [2.75, 3.05) is 18.1 Å². The fourth-order valence-corrected chi connectivity index (χ4v) is 3.29. The summed E-state index contributed by atoms with van der Waals surface area (Å²) in [5.41, 5.74) is 2.57. The number of nitrogens with zero attached hydrogens (tertiary/aromatic N) is 4. The van der Waals surface area contributed by atoms with E-state index in [-0.39, 0.29) is 11.6 Å². The highest BCUT2D eigenvalue weighted by atomic mass is 31.0. The summed E-state index contributed by atoms with van der Waals surface area (Å²) in [6, 6.07) is 9.38. The molecule has 1 aliphatic rings. The Bertz CT molecular complexity index is 1050. The lowest BCUT2D eigenvalue weighted by Crippen LogP contribution is -2.28. The monoisotopic (exact) mass is 384 g/mol. The maximum atomic E-state index is 13.7. The molecule has 3 aromatic rings. The molecule has 0 saturated carbocycles. The Morgan fingerprint density at radius 1 is 1.22 bits per heavy atom. The van der Waals surface area contributed by atoms with E-state index in [1.807, 2.05) is 4.90 Å². The first-order valence-corrected chi connectivity index (χ1v) is 8.67. The van der Waals surface area contributed by atoms with Crippen molar-refractivity contribution < 1.29 is 14.1 Å². The van der Waals surface area contributed by atoms with E-state index >= 15 is 0 Å².